The topological polar surface area (TPSA) is 129 Å². The van der Waals surface area contributed by atoms with Crippen molar-refractivity contribution in [3.8, 4) is 0 Å². The number of hydrogen-bond acceptors (Lipinski definition) is 3. The van der Waals surface area contributed by atoms with Crippen LogP contribution < -0.4 is 4.98 Å². The third-order valence-electron chi connectivity index (χ3n) is 1.49. The van der Waals surface area contributed by atoms with Crippen molar-refractivity contribution in [3.63, 3.8) is 0 Å². The minimum Gasteiger partial charge on any atom is -0.323 e. The highest BCUT2D eigenvalue weighted by molar-refractivity contribution is 8.12. The standard InChI is InChI=1S/C6H9NO6P2S/c8-14(9,10)6(15(11,12)13)16-5-3-1-2-4-7-5/h1-4,6H,(H2,8,9,10)(H2,11,12,13)/p+1. The molecule has 0 aliphatic rings. The van der Waals surface area contributed by atoms with Crippen molar-refractivity contribution >= 4 is 27.0 Å². The van der Waals surface area contributed by atoms with Gasteiger partial charge in [-0.15, -0.1) is 0 Å². The minimum absolute atomic E-state index is 0.263. The molecule has 90 valence electrons. The molecule has 0 saturated carbocycles. The highest BCUT2D eigenvalue weighted by atomic mass is 32.2. The Morgan fingerprint density at radius 3 is 2.06 bits per heavy atom. The molecular formula is C6H10NO6P2S+. The fraction of sp³-hybridized carbons (Fsp3) is 0.167. The molecule has 5 N–H and O–H groups in total. The van der Waals surface area contributed by atoms with Crippen LogP contribution in [0.3, 0.4) is 0 Å². The normalized spacial score (nSPS) is 13.1. The van der Waals surface area contributed by atoms with E-state index in [1.54, 1.807) is 12.1 Å². The number of hydrogen-bond donors (Lipinski definition) is 4. The van der Waals surface area contributed by atoms with E-state index in [2.05, 4.69) is 4.98 Å². The molecule has 0 fully saturated rings. The summed E-state index contributed by atoms with van der Waals surface area (Å²) in [5, 5.41) is 0.263. The van der Waals surface area contributed by atoms with Gasteiger partial charge in [0.2, 0.25) is 9.76 Å². The van der Waals surface area contributed by atoms with Crippen molar-refractivity contribution in [2.24, 2.45) is 0 Å². The molecule has 0 amide bonds. The summed E-state index contributed by atoms with van der Waals surface area (Å²) in [6, 6.07) is 4.67. The summed E-state index contributed by atoms with van der Waals surface area (Å²) in [6.07, 6.45) is 1.48. The molecule has 0 unspecified atom stereocenters. The Hall–Kier alpha value is -0.200. The van der Waals surface area contributed by atoms with E-state index >= 15 is 0 Å². The van der Waals surface area contributed by atoms with Crippen LogP contribution in [0.1, 0.15) is 0 Å². The van der Waals surface area contributed by atoms with Crippen LogP contribution in [0.5, 0.6) is 0 Å². The van der Waals surface area contributed by atoms with E-state index in [4.69, 9.17) is 19.6 Å². The van der Waals surface area contributed by atoms with Gasteiger partial charge in [0.15, 0.2) is 6.20 Å². The molecule has 0 bridgehead atoms. The number of aromatic amines is 1. The highest BCUT2D eigenvalue weighted by Crippen LogP contribution is 2.65. The highest BCUT2D eigenvalue weighted by Gasteiger charge is 2.45. The van der Waals surface area contributed by atoms with Gasteiger partial charge in [-0.1, -0.05) is 0 Å². The number of nitrogens with one attached hydrogen (secondary N) is 1. The van der Waals surface area contributed by atoms with Gasteiger partial charge >= 0.3 is 15.2 Å². The lowest BCUT2D eigenvalue weighted by Crippen LogP contribution is -2.10. The molecule has 0 spiro atoms. The number of aromatic nitrogens is 1. The number of H-pyrrole nitrogens is 1. The van der Waals surface area contributed by atoms with Gasteiger partial charge in [-0.05, 0) is 17.8 Å². The zero-order chi connectivity index (χ0) is 12.4. The fourth-order valence-corrected chi connectivity index (χ4v) is 4.76. The minimum atomic E-state index is -4.88. The first kappa shape index (κ1) is 13.9. The zero-order valence-corrected chi connectivity index (χ0v) is 10.4. The van der Waals surface area contributed by atoms with Crippen molar-refractivity contribution in [2.45, 2.75) is 9.76 Å². The van der Waals surface area contributed by atoms with Gasteiger partial charge in [0, 0.05) is 12.1 Å². The smallest absolute Gasteiger partial charge is 0.323 e. The van der Waals surface area contributed by atoms with Crippen molar-refractivity contribution in [2.75, 3.05) is 0 Å². The Morgan fingerprint density at radius 2 is 1.69 bits per heavy atom. The SMILES string of the molecule is O=P(O)(O)C(Sc1cccc[nH+]1)P(=O)(O)O. The predicted molar refractivity (Wildman–Crippen MR) is 56.7 cm³/mol. The lowest BCUT2D eigenvalue weighted by molar-refractivity contribution is -0.426. The first-order valence-corrected chi connectivity index (χ1v) is 8.19. The second-order valence-electron chi connectivity index (χ2n) is 2.85. The van der Waals surface area contributed by atoms with Gasteiger partial charge in [-0.2, -0.15) is 0 Å². The first-order chi connectivity index (χ1) is 7.21. The molecule has 1 aromatic heterocycles. The van der Waals surface area contributed by atoms with Gasteiger partial charge in [-0.25, -0.2) is 4.98 Å². The second-order valence-corrected chi connectivity index (χ2v) is 8.49. The Balaban J connectivity index is 2.99. The largest absolute Gasteiger partial charge is 0.351 e. The van der Waals surface area contributed by atoms with Gasteiger partial charge in [-0.3, -0.25) is 9.13 Å². The Morgan fingerprint density at radius 1 is 1.12 bits per heavy atom. The molecule has 1 rings (SSSR count). The molecule has 7 nitrogen and oxygen atoms in total. The van der Waals surface area contributed by atoms with Crippen molar-refractivity contribution in [1.82, 2.24) is 0 Å². The molecule has 16 heavy (non-hydrogen) atoms. The molecule has 0 aliphatic carbocycles. The van der Waals surface area contributed by atoms with Crippen LogP contribution in [0.15, 0.2) is 29.4 Å². The molecule has 0 aliphatic heterocycles. The summed E-state index contributed by atoms with van der Waals surface area (Å²) in [5.41, 5.74) is 0. The van der Waals surface area contributed by atoms with E-state index in [0.717, 1.165) is 0 Å². The summed E-state index contributed by atoms with van der Waals surface area (Å²) in [6.45, 7) is 0. The number of thioether (sulfide) groups is 1. The quantitative estimate of drug-likeness (QED) is 0.460. The number of rotatable bonds is 4. The van der Waals surface area contributed by atoms with E-state index in [0.29, 0.717) is 11.8 Å². The van der Waals surface area contributed by atoms with Crippen molar-refractivity contribution in [1.29, 1.82) is 0 Å². The third kappa shape index (κ3) is 3.99. The molecule has 1 aromatic rings. The summed E-state index contributed by atoms with van der Waals surface area (Å²) >= 11 is 0.421. The van der Waals surface area contributed by atoms with Gasteiger partial charge in [0.25, 0.3) is 0 Å². The van der Waals surface area contributed by atoms with E-state index < -0.39 is 19.9 Å². The van der Waals surface area contributed by atoms with E-state index in [-0.39, 0.29) is 5.03 Å². The fourth-order valence-electron chi connectivity index (χ4n) is 0.897. The summed E-state index contributed by atoms with van der Waals surface area (Å²) in [4.78, 5) is 38.1. The number of pyridine rings is 1. The van der Waals surface area contributed by atoms with Crippen LogP contribution in [0.2, 0.25) is 0 Å². The summed E-state index contributed by atoms with van der Waals surface area (Å²) < 4.78 is 19.8. The monoisotopic (exact) mass is 286 g/mol. The summed E-state index contributed by atoms with van der Waals surface area (Å²) in [7, 11) is -9.77. The lowest BCUT2D eigenvalue weighted by atomic mass is 10.5. The zero-order valence-electron chi connectivity index (χ0n) is 7.79. The van der Waals surface area contributed by atoms with E-state index in [1.807, 2.05) is 0 Å². The van der Waals surface area contributed by atoms with Gasteiger partial charge in [0.05, 0.1) is 0 Å². The van der Waals surface area contributed by atoms with Crippen LogP contribution >= 0.6 is 27.0 Å². The molecule has 1 heterocycles. The van der Waals surface area contributed by atoms with Crippen LogP contribution in [0.4, 0.5) is 0 Å². The Labute approximate surface area is 95.2 Å². The van der Waals surface area contributed by atoms with E-state index in [1.165, 1.54) is 12.3 Å². The van der Waals surface area contributed by atoms with Gasteiger partial charge < -0.3 is 19.6 Å². The average Bonchev–Trinajstić information content (AvgIpc) is 2.12. The van der Waals surface area contributed by atoms with Crippen molar-refractivity contribution < 1.29 is 33.7 Å². The van der Waals surface area contributed by atoms with Crippen LogP contribution in [0, 0.1) is 0 Å². The predicted octanol–water partition coefficient (Wildman–Crippen LogP) is 0.232. The maximum Gasteiger partial charge on any atom is 0.351 e. The first-order valence-electron chi connectivity index (χ1n) is 3.95. The molecular weight excluding hydrogens is 276 g/mol. The van der Waals surface area contributed by atoms with Crippen LogP contribution in [0.25, 0.3) is 0 Å². The maximum absolute atomic E-state index is 10.9. The second kappa shape index (κ2) is 4.98. The third-order valence-corrected chi connectivity index (χ3v) is 7.44. The maximum atomic E-state index is 10.9. The van der Waals surface area contributed by atoms with Crippen LogP contribution in [-0.2, 0) is 9.13 Å². The van der Waals surface area contributed by atoms with E-state index in [9.17, 15) is 9.13 Å². The van der Waals surface area contributed by atoms with Crippen LogP contribution in [-0.4, -0.2) is 24.3 Å². The average molecular weight is 286 g/mol. The molecule has 0 aromatic carbocycles. The molecule has 0 radical (unpaired) electrons. The molecule has 0 atom stereocenters. The lowest BCUT2D eigenvalue weighted by Gasteiger charge is -2.16. The molecule has 10 heteroatoms. The Bertz CT molecular complexity index is 420. The Kier molecular flexibility index (Phi) is 4.31. The van der Waals surface area contributed by atoms with Crippen molar-refractivity contribution in [3.05, 3.63) is 24.4 Å². The molecule has 0 saturated heterocycles. The summed E-state index contributed by atoms with van der Waals surface area (Å²) in [5.74, 6) is 0. The van der Waals surface area contributed by atoms with Gasteiger partial charge in [0.1, 0.15) is 0 Å².